The monoisotopic (exact) mass is 345 g/mol. The van der Waals surface area contributed by atoms with Crippen molar-refractivity contribution >= 4 is 21.6 Å². The topological polar surface area (TPSA) is 79.4 Å². The van der Waals surface area contributed by atoms with E-state index in [1.54, 1.807) is 48.4 Å². The first kappa shape index (κ1) is 16.6. The number of anilines is 1. The number of carbonyl (C=O) groups is 1. The van der Waals surface area contributed by atoms with Crippen LogP contribution in [0.2, 0.25) is 0 Å². The van der Waals surface area contributed by atoms with Crippen LogP contribution in [0.25, 0.3) is 0 Å². The fraction of sp³-hybridized carbons (Fsp3) is 0.294. The van der Waals surface area contributed by atoms with E-state index >= 15 is 0 Å². The van der Waals surface area contributed by atoms with E-state index in [4.69, 9.17) is 0 Å². The molecule has 0 bridgehead atoms. The van der Waals surface area contributed by atoms with Gasteiger partial charge in [0.1, 0.15) is 0 Å². The average Bonchev–Trinajstić information content (AvgIpc) is 3.00. The molecule has 1 aromatic heterocycles. The first-order valence-corrected chi connectivity index (χ1v) is 9.26. The second kappa shape index (κ2) is 6.70. The normalized spacial score (nSPS) is 15.0. The summed E-state index contributed by atoms with van der Waals surface area (Å²) in [5, 5.41) is 0. The fourth-order valence-electron chi connectivity index (χ4n) is 2.77. The highest BCUT2D eigenvalue weighted by molar-refractivity contribution is 7.89. The molecule has 1 aromatic carbocycles. The minimum absolute atomic E-state index is 0.0817. The zero-order valence-corrected chi connectivity index (χ0v) is 14.2. The van der Waals surface area contributed by atoms with Gasteiger partial charge in [0.25, 0.3) is 0 Å². The van der Waals surface area contributed by atoms with E-state index in [1.165, 1.54) is 0 Å². The van der Waals surface area contributed by atoms with Crippen LogP contribution >= 0.6 is 0 Å². The van der Waals surface area contributed by atoms with Gasteiger partial charge in [-0.05, 0) is 49.2 Å². The Kier molecular flexibility index (Phi) is 4.64. The Balaban J connectivity index is 1.79. The van der Waals surface area contributed by atoms with Crippen LogP contribution in [0.1, 0.15) is 24.1 Å². The second-order valence-electron chi connectivity index (χ2n) is 5.74. The van der Waals surface area contributed by atoms with Gasteiger partial charge in [0.2, 0.25) is 15.9 Å². The molecule has 1 aliphatic heterocycles. The maximum Gasteiger partial charge on any atom is 0.241 e. The molecule has 0 saturated carbocycles. The minimum atomic E-state index is -3.64. The third kappa shape index (κ3) is 3.47. The van der Waals surface area contributed by atoms with E-state index in [-0.39, 0.29) is 17.3 Å². The summed E-state index contributed by atoms with van der Waals surface area (Å²) in [6, 6.07) is 10.3. The van der Waals surface area contributed by atoms with E-state index in [9.17, 15) is 13.2 Å². The van der Waals surface area contributed by atoms with Crippen molar-refractivity contribution in [2.45, 2.75) is 31.2 Å². The van der Waals surface area contributed by atoms with Gasteiger partial charge in [0, 0.05) is 24.8 Å². The van der Waals surface area contributed by atoms with Crippen molar-refractivity contribution in [3.63, 3.8) is 0 Å². The van der Waals surface area contributed by atoms with Crippen molar-refractivity contribution in [3.05, 3.63) is 53.9 Å². The standard InChI is InChI=1S/C17H19N3O3S/c1-13-11-15(20-10-4-6-17(20)21)7-8-16(13)24(22,23)19-12-14-5-2-3-9-18-14/h2-3,5,7-9,11,19H,4,6,10,12H2,1H3. The summed E-state index contributed by atoms with van der Waals surface area (Å²) < 4.78 is 27.6. The van der Waals surface area contributed by atoms with Gasteiger partial charge in [-0.2, -0.15) is 0 Å². The lowest BCUT2D eigenvalue weighted by atomic mass is 10.2. The number of amides is 1. The highest BCUT2D eigenvalue weighted by atomic mass is 32.2. The number of sulfonamides is 1. The summed E-state index contributed by atoms with van der Waals surface area (Å²) in [5.74, 6) is 0.0817. The molecule has 7 heteroatoms. The lowest BCUT2D eigenvalue weighted by Crippen LogP contribution is -2.26. The van der Waals surface area contributed by atoms with Crippen LogP contribution < -0.4 is 9.62 Å². The van der Waals surface area contributed by atoms with Gasteiger partial charge in [-0.1, -0.05) is 6.07 Å². The third-order valence-electron chi connectivity index (χ3n) is 4.00. The molecule has 0 atom stereocenters. The first-order chi connectivity index (χ1) is 11.5. The van der Waals surface area contributed by atoms with Crippen molar-refractivity contribution in [1.82, 2.24) is 9.71 Å². The Bertz CT molecular complexity index is 851. The highest BCUT2D eigenvalue weighted by Crippen LogP contribution is 2.26. The van der Waals surface area contributed by atoms with Crippen molar-refractivity contribution in [2.24, 2.45) is 0 Å². The summed E-state index contributed by atoms with van der Waals surface area (Å²) >= 11 is 0. The van der Waals surface area contributed by atoms with Gasteiger partial charge < -0.3 is 4.90 Å². The number of benzene rings is 1. The number of hydrogen-bond acceptors (Lipinski definition) is 4. The average molecular weight is 345 g/mol. The Morgan fingerprint density at radius 1 is 1.25 bits per heavy atom. The minimum Gasteiger partial charge on any atom is -0.312 e. The zero-order chi connectivity index (χ0) is 17.2. The number of aryl methyl sites for hydroxylation is 1. The molecule has 1 amide bonds. The summed E-state index contributed by atoms with van der Waals surface area (Å²) in [6.07, 6.45) is 3.00. The van der Waals surface area contributed by atoms with Gasteiger partial charge in [0.15, 0.2) is 0 Å². The van der Waals surface area contributed by atoms with Crippen LogP contribution in [-0.4, -0.2) is 25.9 Å². The molecule has 2 aromatic rings. The third-order valence-corrected chi connectivity index (χ3v) is 5.56. The number of pyridine rings is 1. The number of nitrogens with one attached hydrogen (secondary N) is 1. The second-order valence-corrected chi connectivity index (χ2v) is 7.48. The SMILES string of the molecule is Cc1cc(N2CCCC2=O)ccc1S(=O)(=O)NCc1ccccn1. The molecule has 1 fully saturated rings. The van der Waals surface area contributed by atoms with E-state index in [0.29, 0.717) is 24.2 Å². The zero-order valence-electron chi connectivity index (χ0n) is 13.4. The van der Waals surface area contributed by atoms with E-state index in [2.05, 4.69) is 9.71 Å². The van der Waals surface area contributed by atoms with Gasteiger partial charge in [-0.25, -0.2) is 13.1 Å². The van der Waals surface area contributed by atoms with Gasteiger partial charge in [0.05, 0.1) is 17.1 Å². The maximum absolute atomic E-state index is 12.5. The van der Waals surface area contributed by atoms with Crippen LogP contribution in [0.5, 0.6) is 0 Å². The first-order valence-electron chi connectivity index (χ1n) is 7.78. The molecule has 126 valence electrons. The molecule has 0 unspecified atom stereocenters. The van der Waals surface area contributed by atoms with E-state index in [1.807, 2.05) is 6.07 Å². The molecular weight excluding hydrogens is 326 g/mol. The van der Waals surface area contributed by atoms with E-state index in [0.717, 1.165) is 12.1 Å². The van der Waals surface area contributed by atoms with Crippen LogP contribution in [0.4, 0.5) is 5.69 Å². The summed E-state index contributed by atoms with van der Waals surface area (Å²) in [4.78, 5) is 17.8. The Labute approximate surface area is 141 Å². The smallest absolute Gasteiger partial charge is 0.241 e. The lowest BCUT2D eigenvalue weighted by molar-refractivity contribution is -0.117. The van der Waals surface area contributed by atoms with Crippen LogP contribution in [0, 0.1) is 6.92 Å². The molecule has 3 rings (SSSR count). The Hall–Kier alpha value is -2.25. The largest absolute Gasteiger partial charge is 0.312 e. The predicted molar refractivity (Wildman–Crippen MR) is 91.0 cm³/mol. The number of rotatable bonds is 5. The number of aromatic nitrogens is 1. The van der Waals surface area contributed by atoms with Crippen molar-refractivity contribution in [3.8, 4) is 0 Å². The van der Waals surface area contributed by atoms with Crippen LogP contribution in [0.15, 0.2) is 47.5 Å². The lowest BCUT2D eigenvalue weighted by Gasteiger charge is -2.17. The Morgan fingerprint density at radius 2 is 2.08 bits per heavy atom. The predicted octanol–water partition coefficient (Wildman–Crippen LogP) is 2.00. The van der Waals surface area contributed by atoms with Crippen molar-refractivity contribution in [2.75, 3.05) is 11.4 Å². The Morgan fingerprint density at radius 3 is 2.71 bits per heavy atom. The molecule has 24 heavy (non-hydrogen) atoms. The number of hydrogen-bond donors (Lipinski definition) is 1. The summed E-state index contributed by atoms with van der Waals surface area (Å²) in [6.45, 7) is 2.55. The highest BCUT2D eigenvalue weighted by Gasteiger charge is 2.23. The fourth-order valence-corrected chi connectivity index (χ4v) is 4.00. The summed E-state index contributed by atoms with van der Waals surface area (Å²) in [5.41, 5.74) is 2.01. The molecular formula is C17H19N3O3S. The summed E-state index contributed by atoms with van der Waals surface area (Å²) in [7, 11) is -3.64. The van der Waals surface area contributed by atoms with Crippen LogP contribution in [0.3, 0.4) is 0 Å². The molecule has 0 aliphatic carbocycles. The van der Waals surface area contributed by atoms with Crippen LogP contribution in [-0.2, 0) is 21.4 Å². The van der Waals surface area contributed by atoms with Gasteiger partial charge >= 0.3 is 0 Å². The molecule has 1 aliphatic rings. The van der Waals surface area contributed by atoms with Gasteiger partial charge in [-0.3, -0.25) is 9.78 Å². The molecule has 2 heterocycles. The van der Waals surface area contributed by atoms with Crippen molar-refractivity contribution in [1.29, 1.82) is 0 Å². The number of carbonyl (C=O) groups excluding carboxylic acids is 1. The van der Waals surface area contributed by atoms with Crippen molar-refractivity contribution < 1.29 is 13.2 Å². The molecule has 0 spiro atoms. The number of nitrogens with zero attached hydrogens (tertiary/aromatic N) is 2. The molecule has 6 nitrogen and oxygen atoms in total. The quantitative estimate of drug-likeness (QED) is 0.899. The molecule has 1 saturated heterocycles. The van der Waals surface area contributed by atoms with Gasteiger partial charge in [-0.15, -0.1) is 0 Å². The maximum atomic E-state index is 12.5. The van der Waals surface area contributed by atoms with E-state index < -0.39 is 10.0 Å². The molecule has 1 N–H and O–H groups in total. The molecule has 0 radical (unpaired) electrons.